The largest absolute Gasteiger partial charge is 0.395 e. The van der Waals surface area contributed by atoms with Crippen LogP contribution in [0.3, 0.4) is 0 Å². The highest BCUT2D eigenvalue weighted by Gasteiger charge is 2.20. The molecule has 1 aromatic rings. The Bertz CT molecular complexity index is 460. The van der Waals surface area contributed by atoms with Crippen molar-refractivity contribution in [1.29, 1.82) is 0 Å². The number of nitro groups is 1. The van der Waals surface area contributed by atoms with E-state index in [9.17, 15) is 15.2 Å². The minimum absolute atomic E-state index is 0.0892. The van der Waals surface area contributed by atoms with Crippen LogP contribution in [0.1, 0.15) is 18.6 Å². The minimum atomic E-state index is -0.765. The van der Waals surface area contributed by atoms with E-state index >= 15 is 0 Å². The zero-order chi connectivity index (χ0) is 14.4. The fourth-order valence-electron chi connectivity index (χ4n) is 1.80. The molecule has 0 spiro atoms. The number of nitrogens with zero attached hydrogens (tertiary/aromatic N) is 2. The zero-order valence-corrected chi connectivity index (χ0v) is 10.8. The second-order valence-corrected chi connectivity index (χ2v) is 4.14. The van der Waals surface area contributed by atoms with Gasteiger partial charge in [0, 0.05) is 19.2 Å². The van der Waals surface area contributed by atoms with Gasteiger partial charge in [-0.2, -0.15) is 0 Å². The normalized spacial score (nSPS) is 11.9. The van der Waals surface area contributed by atoms with E-state index in [2.05, 4.69) is 6.58 Å². The first kappa shape index (κ1) is 15.1. The molecule has 6 nitrogen and oxygen atoms in total. The first-order chi connectivity index (χ1) is 9.01. The molecular formula is C13H18N2O4. The first-order valence-electron chi connectivity index (χ1n) is 5.94. The summed E-state index contributed by atoms with van der Waals surface area (Å²) >= 11 is 0. The van der Waals surface area contributed by atoms with Gasteiger partial charge in [0.25, 0.3) is 5.69 Å². The summed E-state index contributed by atoms with van der Waals surface area (Å²) in [6, 6.07) is 4.58. The lowest BCUT2D eigenvalue weighted by atomic mass is 10.1. The predicted octanol–water partition coefficient (Wildman–Crippen LogP) is 1.63. The molecule has 0 fully saturated rings. The number of hydrogen-bond acceptors (Lipinski definition) is 5. The van der Waals surface area contributed by atoms with Crippen molar-refractivity contribution in [3.05, 3.63) is 46.5 Å². The van der Waals surface area contributed by atoms with Crippen LogP contribution in [0.2, 0.25) is 0 Å². The van der Waals surface area contributed by atoms with Crippen molar-refractivity contribution < 1.29 is 15.1 Å². The van der Waals surface area contributed by atoms with Crippen LogP contribution >= 0.6 is 0 Å². The average molecular weight is 266 g/mol. The third-order valence-corrected chi connectivity index (χ3v) is 2.74. The summed E-state index contributed by atoms with van der Waals surface area (Å²) in [5.74, 6) is 0. The Balaban J connectivity index is 3.24. The second-order valence-electron chi connectivity index (χ2n) is 4.14. The Morgan fingerprint density at radius 3 is 2.74 bits per heavy atom. The molecule has 0 unspecified atom stereocenters. The highest BCUT2D eigenvalue weighted by molar-refractivity contribution is 5.64. The number of nitro benzene ring substituents is 1. The molecule has 2 N–H and O–H groups in total. The lowest BCUT2D eigenvalue weighted by Crippen LogP contribution is -2.27. The fourth-order valence-corrected chi connectivity index (χ4v) is 1.80. The summed E-state index contributed by atoms with van der Waals surface area (Å²) in [4.78, 5) is 12.3. The van der Waals surface area contributed by atoms with Crippen molar-refractivity contribution in [2.75, 3.05) is 24.6 Å². The van der Waals surface area contributed by atoms with Gasteiger partial charge in [0.2, 0.25) is 0 Å². The lowest BCUT2D eigenvalue weighted by molar-refractivity contribution is -0.384. The van der Waals surface area contributed by atoms with E-state index in [1.54, 1.807) is 30.0 Å². The maximum Gasteiger partial charge on any atom is 0.292 e. The standard InChI is InChI=1S/C13H18N2O4/c1-3-6-14(7-8-16)12-5-4-11(10(2)17)9-13(12)15(18)19/h3-5,9-10,16-17H,1,6-8H2,2H3/t10-/m1/s1. The molecule has 1 rings (SSSR count). The summed E-state index contributed by atoms with van der Waals surface area (Å²) in [5.41, 5.74) is 0.801. The molecule has 0 bridgehead atoms. The van der Waals surface area contributed by atoms with Crippen LogP contribution in [0.15, 0.2) is 30.9 Å². The molecule has 0 amide bonds. The van der Waals surface area contributed by atoms with Crippen LogP contribution in [-0.2, 0) is 0 Å². The average Bonchev–Trinajstić information content (AvgIpc) is 2.37. The van der Waals surface area contributed by atoms with Crippen molar-refractivity contribution in [3.63, 3.8) is 0 Å². The summed E-state index contributed by atoms with van der Waals surface area (Å²) in [5, 5.41) is 29.6. The van der Waals surface area contributed by atoms with Gasteiger partial charge >= 0.3 is 0 Å². The molecule has 6 heteroatoms. The van der Waals surface area contributed by atoms with Crippen LogP contribution in [-0.4, -0.2) is 34.8 Å². The van der Waals surface area contributed by atoms with Gasteiger partial charge < -0.3 is 15.1 Å². The Morgan fingerprint density at radius 2 is 2.26 bits per heavy atom. The number of benzene rings is 1. The molecule has 0 aliphatic rings. The van der Waals surface area contributed by atoms with Crippen molar-refractivity contribution in [2.45, 2.75) is 13.0 Å². The van der Waals surface area contributed by atoms with E-state index in [1.807, 2.05) is 0 Å². The summed E-state index contributed by atoms with van der Waals surface area (Å²) in [6.07, 6.45) is 0.848. The minimum Gasteiger partial charge on any atom is -0.395 e. The molecule has 1 aromatic carbocycles. The van der Waals surface area contributed by atoms with Crippen molar-refractivity contribution in [1.82, 2.24) is 0 Å². The molecular weight excluding hydrogens is 248 g/mol. The van der Waals surface area contributed by atoms with E-state index in [-0.39, 0.29) is 18.8 Å². The van der Waals surface area contributed by atoms with Crippen LogP contribution < -0.4 is 4.90 Å². The Kier molecular flexibility index (Phi) is 5.47. The Hall–Kier alpha value is -1.92. The molecule has 19 heavy (non-hydrogen) atoms. The smallest absolute Gasteiger partial charge is 0.292 e. The molecule has 0 heterocycles. The van der Waals surface area contributed by atoms with E-state index in [1.165, 1.54) is 6.07 Å². The molecule has 0 saturated carbocycles. The third kappa shape index (κ3) is 3.77. The molecule has 0 aromatic heterocycles. The number of rotatable bonds is 7. The summed E-state index contributed by atoms with van der Waals surface area (Å²) < 4.78 is 0. The monoisotopic (exact) mass is 266 g/mol. The molecule has 0 aliphatic heterocycles. The molecule has 0 radical (unpaired) electrons. The van der Waals surface area contributed by atoms with Gasteiger partial charge in [0.15, 0.2) is 0 Å². The first-order valence-corrected chi connectivity index (χ1v) is 5.94. The van der Waals surface area contributed by atoms with E-state index in [0.717, 1.165) is 0 Å². The second kappa shape index (κ2) is 6.86. The highest BCUT2D eigenvalue weighted by atomic mass is 16.6. The van der Waals surface area contributed by atoms with Gasteiger partial charge in [-0.1, -0.05) is 12.1 Å². The van der Waals surface area contributed by atoms with Gasteiger partial charge in [-0.3, -0.25) is 10.1 Å². The number of hydrogen-bond donors (Lipinski definition) is 2. The van der Waals surface area contributed by atoms with Crippen LogP contribution in [0.25, 0.3) is 0 Å². The van der Waals surface area contributed by atoms with Crippen molar-refractivity contribution in [3.8, 4) is 0 Å². The summed E-state index contributed by atoms with van der Waals surface area (Å²) in [6.45, 7) is 5.71. The Labute approximate surface area is 111 Å². The zero-order valence-electron chi connectivity index (χ0n) is 10.8. The van der Waals surface area contributed by atoms with Gasteiger partial charge in [-0.25, -0.2) is 0 Å². The molecule has 0 saturated heterocycles. The highest BCUT2D eigenvalue weighted by Crippen LogP contribution is 2.31. The van der Waals surface area contributed by atoms with E-state index in [0.29, 0.717) is 17.8 Å². The van der Waals surface area contributed by atoms with Gasteiger partial charge in [0.05, 0.1) is 17.6 Å². The van der Waals surface area contributed by atoms with Gasteiger partial charge in [0.1, 0.15) is 5.69 Å². The maximum absolute atomic E-state index is 11.1. The Morgan fingerprint density at radius 1 is 1.58 bits per heavy atom. The van der Waals surface area contributed by atoms with E-state index in [4.69, 9.17) is 5.11 Å². The quantitative estimate of drug-likeness (QED) is 0.445. The molecule has 104 valence electrons. The van der Waals surface area contributed by atoms with Crippen LogP contribution in [0, 0.1) is 10.1 Å². The number of aliphatic hydroxyl groups is 2. The summed E-state index contributed by atoms with van der Waals surface area (Å²) in [7, 11) is 0. The van der Waals surface area contributed by atoms with Crippen LogP contribution in [0.4, 0.5) is 11.4 Å². The van der Waals surface area contributed by atoms with Gasteiger partial charge in [-0.15, -0.1) is 6.58 Å². The topological polar surface area (TPSA) is 86.8 Å². The predicted molar refractivity (Wildman–Crippen MR) is 73.2 cm³/mol. The fraction of sp³-hybridized carbons (Fsp3) is 0.385. The SMILES string of the molecule is C=CCN(CCO)c1ccc([C@@H](C)O)cc1[N+](=O)[O-]. The van der Waals surface area contributed by atoms with Gasteiger partial charge in [-0.05, 0) is 18.6 Å². The third-order valence-electron chi connectivity index (χ3n) is 2.74. The van der Waals surface area contributed by atoms with Crippen molar-refractivity contribution >= 4 is 11.4 Å². The number of anilines is 1. The van der Waals surface area contributed by atoms with Crippen molar-refractivity contribution in [2.24, 2.45) is 0 Å². The maximum atomic E-state index is 11.1. The molecule has 1 atom stereocenters. The lowest BCUT2D eigenvalue weighted by Gasteiger charge is -2.22. The number of aliphatic hydroxyl groups excluding tert-OH is 2. The molecule has 0 aliphatic carbocycles. The van der Waals surface area contributed by atoms with Crippen LogP contribution in [0.5, 0.6) is 0 Å². The van der Waals surface area contributed by atoms with E-state index < -0.39 is 11.0 Å².